The van der Waals surface area contributed by atoms with Crippen LogP contribution in [0.3, 0.4) is 0 Å². The lowest BCUT2D eigenvalue weighted by atomic mass is 10.1. The molecule has 1 heterocycles. The van der Waals surface area contributed by atoms with E-state index in [1.807, 2.05) is 12.1 Å². The van der Waals surface area contributed by atoms with E-state index in [9.17, 15) is 0 Å². The first kappa shape index (κ1) is 11.6. The topological polar surface area (TPSA) is 14.2 Å². The Bertz CT molecular complexity index is 702. The van der Waals surface area contributed by atoms with E-state index in [1.54, 1.807) is 7.11 Å². The van der Waals surface area contributed by atoms with E-state index in [2.05, 4.69) is 50.8 Å². The summed E-state index contributed by atoms with van der Waals surface area (Å²) in [6.45, 7) is 0.956. The van der Waals surface area contributed by atoms with Crippen LogP contribution in [-0.2, 0) is 6.54 Å². The largest absolute Gasteiger partial charge is 0.496 e. The third-order valence-corrected chi connectivity index (χ3v) is 3.64. The van der Waals surface area contributed by atoms with Crippen LogP contribution in [0.15, 0.2) is 42.5 Å². The average Bonchev–Trinajstić information content (AvgIpc) is 2.74. The number of nitrogens with zero attached hydrogens (tertiary/aromatic N) is 1. The Morgan fingerprint density at radius 3 is 2.61 bits per heavy atom. The van der Waals surface area contributed by atoms with Crippen LogP contribution < -0.4 is 4.74 Å². The molecule has 0 spiro atoms. The zero-order valence-electron chi connectivity index (χ0n) is 10.2. The molecule has 0 N–H and O–H groups in total. The molecule has 2 aromatic carbocycles. The Hall–Kier alpha value is -1.48. The van der Waals surface area contributed by atoms with Crippen LogP contribution in [-0.4, -0.2) is 17.0 Å². The summed E-state index contributed by atoms with van der Waals surface area (Å²) in [5, 5.41) is 3.40. The maximum absolute atomic E-state index is 5.50. The molecule has 0 atom stereocenters. The maximum atomic E-state index is 5.50. The number of rotatable bonds is 3. The fraction of sp³-hybridized carbons (Fsp3) is 0.200. The summed E-state index contributed by atoms with van der Waals surface area (Å²) in [6.07, 6.45) is 0. The summed E-state index contributed by atoms with van der Waals surface area (Å²) < 4.78 is 7.84. The van der Waals surface area contributed by atoms with Crippen molar-refractivity contribution in [1.82, 2.24) is 4.57 Å². The van der Waals surface area contributed by atoms with Gasteiger partial charge in [-0.05, 0) is 18.2 Å². The maximum Gasteiger partial charge on any atom is 0.128 e. The zero-order valence-corrected chi connectivity index (χ0v) is 11.8. The molecule has 0 saturated carbocycles. The first-order valence-corrected chi connectivity index (χ1v) is 7.09. The number of alkyl halides is 1. The summed E-state index contributed by atoms with van der Waals surface area (Å²) in [6, 6.07) is 14.7. The van der Waals surface area contributed by atoms with Crippen LogP contribution in [0.2, 0.25) is 0 Å². The lowest BCUT2D eigenvalue weighted by molar-refractivity contribution is 0.420. The lowest BCUT2D eigenvalue weighted by Gasteiger charge is -2.05. The highest BCUT2D eigenvalue weighted by Gasteiger charge is 2.12. The molecule has 1 aromatic heterocycles. The molecule has 2 nitrogen and oxygen atoms in total. The van der Waals surface area contributed by atoms with Crippen LogP contribution in [0.5, 0.6) is 5.75 Å². The van der Waals surface area contributed by atoms with Gasteiger partial charge in [0.2, 0.25) is 0 Å². The van der Waals surface area contributed by atoms with Gasteiger partial charge in [-0.1, -0.05) is 40.2 Å². The van der Waals surface area contributed by atoms with Crippen molar-refractivity contribution in [2.24, 2.45) is 0 Å². The van der Waals surface area contributed by atoms with Gasteiger partial charge in [0.1, 0.15) is 5.75 Å². The van der Waals surface area contributed by atoms with Gasteiger partial charge in [0, 0.05) is 28.2 Å². The third-order valence-electron chi connectivity index (χ3n) is 3.29. The molecule has 0 bridgehead atoms. The molecule has 3 aromatic rings. The summed E-state index contributed by atoms with van der Waals surface area (Å²) in [4.78, 5) is 0. The summed E-state index contributed by atoms with van der Waals surface area (Å²) in [5.41, 5.74) is 2.49. The fourth-order valence-electron chi connectivity index (χ4n) is 2.56. The molecule has 0 aliphatic carbocycles. The first-order chi connectivity index (χ1) is 8.86. The predicted molar refractivity (Wildman–Crippen MR) is 79.8 cm³/mol. The smallest absolute Gasteiger partial charge is 0.128 e. The third kappa shape index (κ3) is 1.62. The van der Waals surface area contributed by atoms with Crippen molar-refractivity contribution in [3.63, 3.8) is 0 Å². The van der Waals surface area contributed by atoms with E-state index in [0.717, 1.165) is 17.6 Å². The molecule has 0 amide bonds. The van der Waals surface area contributed by atoms with Gasteiger partial charge in [-0.2, -0.15) is 0 Å². The highest BCUT2D eigenvalue weighted by atomic mass is 79.9. The Balaban J connectivity index is 2.49. The van der Waals surface area contributed by atoms with E-state index in [-0.39, 0.29) is 0 Å². The minimum Gasteiger partial charge on any atom is -0.496 e. The number of benzene rings is 2. The monoisotopic (exact) mass is 303 g/mol. The van der Waals surface area contributed by atoms with Crippen molar-refractivity contribution in [1.29, 1.82) is 0 Å². The Labute approximate surface area is 114 Å². The number of hydrogen-bond donors (Lipinski definition) is 0. The van der Waals surface area contributed by atoms with Crippen molar-refractivity contribution in [3.8, 4) is 5.75 Å². The molecule has 3 heteroatoms. The summed E-state index contributed by atoms with van der Waals surface area (Å²) in [7, 11) is 1.73. The SMILES string of the molecule is COc1cccc2c1c1ccccc1n2CCBr. The van der Waals surface area contributed by atoms with Gasteiger partial charge < -0.3 is 9.30 Å². The molecule has 0 fully saturated rings. The molecular weight excluding hydrogens is 290 g/mol. The number of aryl methyl sites for hydroxylation is 1. The molecule has 0 aliphatic heterocycles. The van der Waals surface area contributed by atoms with Gasteiger partial charge in [0.05, 0.1) is 12.6 Å². The van der Waals surface area contributed by atoms with E-state index >= 15 is 0 Å². The molecule has 18 heavy (non-hydrogen) atoms. The second-order valence-electron chi connectivity index (χ2n) is 4.21. The Morgan fingerprint density at radius 1 is 1.06 bits per heavy atom. The number of fused-ring (bicyclic) bond motifs is 3. The molecule has 0 unspecified atom stereocenters. The van der Waals surface area contributed by atoms with Gasteiger partial charge in [0.25, 0.3) is 0 Å². The van der Waals surface area contributed by atoms with Crippen LogP contribution in [0.25, 0.3) is 21.8 Å². The standard InChI is InChI=1S/C15H14BrNO/c1-18-14-8-4-7-13-15(14)11-5-2-3-6-12(11)17(13)10-9-16/h2-8H,9-10H2,1H3. The number of ether oxygens (including phenoxy) is 1. The fourth-order valence-corrected chi connectivity index (χ4v) is 2.92. The highest BCUT2D eigenvalue weighted by Crippen LogP contribution is 2.35. The normalized spacial score (nSPS) is 11.2. The Kier molecular flexibility index (Phi) is 3.00. The van der Waals surface area contributed by atoms with E-state index < -0.39 is 0 Å². The second kappa shape index (κ2) is 4.65. The van der Waals surface area contributed by atoms with Crippen LogP contribution in [0.4, 0.5) is 0 Å². The number of methoxy groups -OCH3 is 1. The quantitative estimate of drug-likeness (QED) is 0.662. The van der Waals surface area contributed by atoms with Gasteiger partial charge >= 0.3 is 0 Å². The van der Waals surface area contributed by atoms with Gasteiger partial charge in [-0.3, -0.25) is 0 Å². The molecule has 0 saturated heterocycles. The van der Waals surface area contributed by atoms with Crippen molar-refractivity contribution in [2.45, 2.75) is 6.54 Å². The van der Waals surface area contributed by atoms with Gasteiger partial charge in [-0.15, -0.1) is 0 Å². The molecule has 3 rings (SSSR count). The molecular formula is C15H14BrNO. The lowest BCUT2D eigenvalue weighted by Crippen LogP contribution is -1.97. The highest BCUT2D eigenvalue weighted by molar-refractivity contribution is 9.09. The summed E-state index contributed by atoms with van der Waals surface area (Å²) in [5.74, 6) is 0.942. The van der Waals surface area contributed by atoms with E-state index in [0.29, 0.717) is 0 Å². The van der Waals surface area contributed by atoms with Crippen molar-refractivity contribution in [2.75, 3.05) is 12.4 Å². The van der Waals surface area contributed by atoms with E-state index in [1.165, 1.54) is 21.8 Å². The first-order valence-electron chi connectivity index (χ1n) is 5.96. The number of hydrogen-bond acceptors (Lipinski definition) is 1. The Morgan fingerprint density at radius 2 is 1.83 bits per heavy atom. The molecule has 92 valence electrons. The molecule has 0 aliphatic rings. The van der Waals surface area contributed by atoms with Gasteiger partial charge in [0.15, 0.2) is 0 Å². The van der Waals surface area contributed by atoms with Crippen molar-refractivity contribution in [3.05, 3.63) is 42.5 Å². The number of aromatic nitrogens is 1. The second-order valence-corrected chi connectivity index (χ2v) is 5.01. The van der Waals surface area contributed by atoms with Crippen LogP contribution in [0.1, 0.15) is 0 Å². The van der Waals surface area contributed by atoms with Crippen LogP contribution in [0, 0.1) is 0 Å². The van der Waals surface area contributed by atoms with Gasteiger partial charge in [-0.25, -0.2) is 0 Å². The minimum absolute atomic E-state index is 0.942. The molecule has 0 radical (unpaired) electrons. The van der Waals surface area contributed by atoms with Crippen LogP contribution >= 0.6 is 15.9 Å². The minimum atomic E-state index is 0.942. The zero-order chi connectivity index (χ0) is 12.5. The predicted octanol–water partition coefficient (Wildman–Crippen LogP) is 4.20. The number of halogens is 1. The summed E-state index contributed by atoms with van der Waals surface area (Å²) >= 11 is 3.53. The van der Waals surface area contributed by atoms with E-state index in [4.69, 9.17) is 4.74 Å². The average molecular weight is 304 g/mol. The van der Waals surface area contributed by atoms with Crippen molar-refractivity contribution >= 4 is 37.7 Å². The van der Waals surface area contributed by atoms with Crippen molar-refractivity contribution < 1.29 is 4.74 Å². The number of para-hydroxylation sites is 1.